The molecule has 0 saturated carbocycles. The molecule has 0 atom stereocenters. The third-order valence-corrected chi connectivity index (χ3v) is 4.43. The lowest BCUT2D eigenvalue weighted by molar-refractivity contribution is 0.326. The molecule has 0 bridgehead atoms. The van der Waals surface area contributed by atoms with Crippen LogP contribution >= 0.6 is 0 Å². The molecule has 0 radical (unpaired) electrons. The predicted molar refractivity (Wildman–Crippen MR) is 96.4 cm³/mol. The van der Waals surface area contributed by atoms with E-state index in [4.69, 9.17) is 4.18 Å². The van der Waals surface area contributed by atoms with Gasteiger partial charge in [-0.3, -0.25) is 9.17 Å². The van der Waals surface area contributed by atoms with Gasteiger partial charge in [-0.1, -0.05) is 36.4 Å². The van der Waals surface area contributed by atoms with Gasteiger partial charge in [-0.2, -0.15) is 8.42 Å². The molecule has 0 amide bonds. The molecular formula is C19H19NO3S. The predicted octanol–water partition coefficient (Wildman–Crippen LogP) is 3.73. The summed E-state index contributed by atoms with van der Waals surface area (Å²) in [5.41, 5.74) is 4.27. The van der Waals surface area contributed by atoms with E-state index in [0.29, 0.717) is 6.42 Å². The second-order valence-corrected chi connectivity index (χ2v) is 7.50. The van der Waals surface area contributed by atoms with E-state index in [0.717, 1.165) is 39.4 Å². The second-order valence-electron chi connectivity index (χ2n) is 5.86. The van der Waals surface area contributed by atoms with Crippen molar-refractivity contribution >= 4 is 20.9 Å². The minimum atomic E-state index is -3.38. The van der Waals surface area contributed by atoms with Crippen molar-refractivity contribution in [2.75, 3.05) is 12.9 Å². The number of aryl methyl sites for hydroxylation is 1. The summed E-state index contributed by atoms with van der Waals surface area (Å²) in [5.74, 6) is 0. The number of pyridine rings is 1. The van der Waals surface area contributed by atoms with E-state index >= 15 is 0 Å². The zero-order valence-corrected chi connectivity index (χ0v) is 14.5. The molecule has 0 unspecified atom stereocenters. The number of rotatable bonds is 5. The van der Waals surface area contributed by atoms with Crippen LogP contribution < -0.4 is 0 Å². The Balaban J connectivity index is 1.82. The van der Waals surface area contributed by atoms with Gasteiger partial charge in [0.25, 0.3) is 10.1 Å². The van der Waals surface area contributed by atoms with Crippen molar-refractivity contribution in [2.24, 2.45) is 0 Å². The molecule has 0 aliphatic rings. The molecule has 0 aliphatic heterocycles. The molecule has 0 saturated heterocycles. The number of nitrogens with zero attached hydrogens (tertiary/aromatic N) is 1. The van der Waals surface area contributed by atoms with Gasteiger partial charge in [0.05, 0.1) is 12.9 Å². The monoisotopic (exact) mass is 341 g/mol. The van der Waals surface area contributed by atoms with Crippen LogP contribution in [0.1, 0.15) is 11.3 Å². The maximum Gasteiger partial charge on any atom is 0.264 e. The van der Waals surface area contributed by atoms with E-state index in [9.17, 15) is 8.42 Å². The molecule has 24 heavy (non-hydrogen) atoms. The van der Waals surface area contributed by atoms with E-state index in [2.05, 4.69) is 41.4 Å². The molecule has 5 heteroatoms. The van der Waals surface area contributed by atoms with E-state index in [1.54, 1.807) is 0 Å². The highest BCUT2D eigenvalue weighted by Gasteiger charge is 2.04. The van der Waals surface area contributed by atoms with E-state index < -0.39 is 10.1 Å². The summed E-state index contributed by atoms with van der Waals surface area (Å²) >= 11 is 0. The van der Waals surface area contributed by atoms with Gasteiger partial charge in [-0.25, -0.2) is 0 Å². The molecule has 3 aromatic rings. The first-order valence-electron chi connectivity index (χ1n) is 7.71. The van der Waals surface area contributed by atoms with Crippen LogP contribution in [0.15, 0.2) is 54.7 Å². The van der Waals surface area contributed by atoms with Crippen LogP contribution in [0.25, 0.3) is 21.9 Å². The van der Waals surface area contributed by atoms with Crippen molar-refractivity contribution in [1.29, 1.82) is 0 Å². The van der Waals surface area contributed by atoms with Crippen molar-refractivity contribution in [1.82, 2.24) is 4.98 Å². The minimum Gasteiger partial charge on any atom is -0.270 e. The molecule has 1 heterocycles. The van der Waals surface area contributed by atoms with Gasteiger partial charge in [-0.15, -0.1) is 0 Å². The summed E-state index contributed by atoms with van der Waals surface area (Å²) in [5, 5.41) is 2.26. The Morgan fingerprint density at radius 2 is 1.67 bits per heavy atom. The van der Waals surface area contributed by atoms with Crippen LogP contribution in [0.5, 0.6) is 0 Å². The van der Waals surface area contributed by atoms with Gasteiger partial charge in [0.15, 0.2) is 0 Å². The van der Waals surface area contributed by atoms with Crippen molar-refractivity contribution in [3.63, 3.8) is 0 Å². The summed E-state index contributed by atoms with van der Waals surface area (Å²) in [7, 11) is -3.38. The molecular weight excluding hydrogens is 322 g/mol. The number of hydrogen-bond acceptors (Lipinski definition) is 4. The maximum absolute atomic E-state index is 11.0. The zero-order chi connectivity index (χ0) is 17.2. The first kappa shape index (κ1) is 16.6. The standard InChI is InChI=1S/C19H19NO3S/c1-14-3-5-19(13-20-14)18-8-7-16-11-15(4-6-17(16)12-18)9-10-23-24(2,21)22/h3-8,11-13H,9-10H2,1-2H3. The Morgan fingerprint density at radius 3 is 2.38 bits per heavy atom. The maximum atomic E-state index is 11.0. The average Bonchev–Trinajstić information content (AvgIpc) is 2.54. The number of benzene rings is 2. The van der Waals surface area contributed by atoms with Gasteiger partial charge in [0.2, 0.25) is 0 Å². The van der Waals surface area contributed by atoms with Gasteiger partial charge in [0.1, 0.15) is 0 Å². The van der Waals surface area contributed by atoms with E-state index in [-0.39, 0.29) is 6.61 Å². The van der Waals surface area contributed by atoms with Gasteiger partial charge < -0.3 is 0 Å². The number of aromatic nitrogens is 1. The van der Waals surface area contributed by atoms with Gasteiger partial charge >= 0.3 is 0 Å². The van der Waals surface area contributed by atoms with Crippen LogP contribution in [-0.2, 0) is 20.7 Å². The highest BCUT2D eigenvalue weighted by Crippen LogP contribution is 2.25. The molecule has 4 nitrogen and oxygen atoms in total. The largest absolute Gasteiger partial charge is 0.270 e. The fraction of sp³-hybridized carbons (Fsp3) is 0.211. The number of hydrogen-bond donors (Lipinski definition) is 0. The van der Waals surface area contributed by atoms with Crippen LogP contribution in [-0.4, -0.2) is 26.3 Å². The minimum absolute atomic E-state index is 0.164. The van der Waals surface area contributed by atoms with Gasteiger partial charge in [-0.05, 0) is 47.4 Å². The number of fused-ring (bicyclic) bond motifs is 1. The molecule has 0 spiro atoms. The summed E-state index contributed by atoms with van der Waals surface area (Å²) in [4.78, 5) is 4.34. The van der Waals surface area contributed by atoms with Crippen molar-refractivity contribution < 1.29 is 12.6 Å². The summed E-state index contributed by atoms with van der Waals surface area (Å²) in [6.45, 7) is 2.14. The first-order valence-corrected chi connectivity index (χ1v) is 9.52. The van der Waals surface area contributed by atoms with Crippen LogP contribution in [0.2, 0.25) is 0 Å². The normalized spacial score (nSPS) is 11.8. The Hall–Kier alpha value is -2.24. The van der Waals surface area contributed by atoms with E-state index in [1.807, 2.05) is 25.3 Å². The smallest absolute Gasteiger partial charge is 0.264 e. The first-order chi connectivity index (χ1) is 11.4. The fourth-order valence-corrected chi connectivity index (χ4v) is 2.97. The highest BCUT2D eigenvalue weighted by molar-refractivity contribution is 7.85. The second kappa shape index (κ2) is 6.71. The summed E-state index contributed by atoms with van der Waals surface area (Å²) < 4.78 is 26.8. The third-order valence-electron chi connectivity index (χ3n) is 3.84. The third kappa shape index (κ3) is 4.19. The van der Waals surface area contributed by atoms with Crippen LogP contribution in [0, 0.1) is 6.92 Å². The Kier molecular flexibility index (Phi) is 4.64. The fourth-order valence-electron chi connectivity index (χ4n) is 2.58. The highest BCUT2D eigenvalue weighted by atomic mass is 32.2. The Bertz CT molecular complexity index is 964. The Morgan fingerprint density at radius 1 is 0.958 bits per heavy atom. The van der Waals surface area contributed by atoms with Crippen molar-refractivity contribution in [2.45, 2.75) is 13.3 Å². The molecule has 1 aromatic heterocycles. The van der Waals surface area contributed by atoms with Crippen molar-refractivity contribution in [3.05, 3.63) is 66.0 Å². The molecule has 2 aromatic carbocycles. The summed E-state index contributed by atoms with van der Waals surface area (Å²) in [6.07, 6.45) is 3.51. The molecule has 0 aliphatic carbocycles. The molecule has 0 N–H and O–H groups in total. The van der Waals surface area contributed by atoms with Gasteiger partial charge in [0, 0.05) is 17.5 Å². The molecule has 3 rings (SSSR count). The summed E-state index contributed by atoms with van der Waals surface area (Å²) in [6, 6.07) is 16.5. The lowest BCUT2D eigenvalue weighted by Gasteiger charge is -2.07. The lowest BCUT2D eigenvalue weighted by Crippen LogP contribution is -2.06. The molecule has 124 valence electrons. The lowest BCUT2D eigenvalue weighted by atomic mass is 10.00. The van der Waals surface area contributed by atoms with E-state index in [1.165, 1.54) is 0 Å². The topological polar surface area (TPSA) is 56.3 Å². The molecule has 0 fully saturated rings. The average molecular weight is 341 g/mol. The SMILES string of the molecule is Cc1ccc(-c2ccc3cc(CCOS(C)(=O)=O)ccc3c2)cn1. The quantitative estimate of drug-likeness (QED) is 0.664. The van der Waals surface area contributed by atoms with Crippen LogP contribution in [0.3, 0.4) is 0 Å². The zero-order valence-electron chi connectivity index (χ0n) is 13.7. The van der Waals surface area contributed by atoms with Crippen molar-refractivity contribution in [3.8, 4) is 11.1 Å². The van der Waals surface area contributed by atoms with Crippen LogP contribution in [0.4, 0.5) is 0 Å². The Labute approximate surface area is 142 Å².